The molecular weight excluding hydrogens is 480 g/mol. The largest absolute Gasteiger partial charge is 0.494 e. The molecule has 198 valence electrons. The first kappa shape index (κ1) is 26.6. The van der Waals surface area contributed by atoms with E-state index in [4.69, 9.17) is 14.7 Å². The SMILES string of the molecule is C=CC(=O)Nc1cc(Nc2nccc(-c3nc4ccccc4n3CC)n2)c(OC)cc1N(C)CCN(C)C. The smallest absolute Gasteiger partial charge is 0.247 e. The van der Waals surface area contributed by atoms with Gasteiger partial charge in [0.15, 0.2) is 5.82 Å². The van der Waals surface area contributed by atoms with E-state index in [1.165, 1.54) is 6.08 Å². The third-order valence-corrected chi connectivity index (χ3v) is 6.16. The first-order valence-electron chi connectivity index (χ1n) is 12.4. The van der Waals surface area contributed by atoms with E-state index in [1.807, 2.05) is 57.5 Å². The Kier molecular flexibility index (Phi) is 8.22. The van der Waals surface area contributed by atoms with Crippen molar-refractivity contribution in [1.29, 1.82) is 0 Å². The fourth-order valence-electron chi connectivity index (χ4n) is 4.16. The molecule has 0 fully saturated rings. The van der Waals surface area contributed by atoms with E-state index in [-0.39, 0.29) is 5.91 Å². The highest BCUT2D eigenvalue weighted by Gasteiger charge is 2.18. The summed E-state index contributed by atoms with van der Waals surface area (Å²) >= 11 is 0. The van der Waals surface area contributed by atoms with Gasteiger partial charge in [-0.2, -0.15) is 0 Å². The number of carbonyl (C=O) groups is 1. The van der Waals surface area contributed by atoms with Gasteiger partial charge in [-0.05, 0) is 51.4 Å². The maximum absolute atomic E-state index is 12.2. The van der Waals surface area contributed by atoms with Gasteiger partial charge in [0, 0.05) is 38.9 Å². The van der Waals surface area contributed by atoms with Crippen LogP contribution in [-0.4, -0.2) is 71.7 Å². The Hall–Kier alpha value is -4.44. The lowest BCUT2D eigenvalue weighted by Crippen LogP contribution is -2.29. The van der Waals surface area contributed by atoms with Crippen LogP contribution in [0.2, 0.25) is 0 Å². The zero-order valence-electron chi connectivity index (χ0n) is 22.5. The molecule has 0 unspecified atom stereocenters. The van der Waals surface area contributed by atoms with Crippen molar-refractivity contribution in [3.8, 4) is 17.3 Å². The second kappa shape index (κ2) is 11.7. The number of nitrogens with zero attached hydrogens (tertiary/aromatic N) is 6. The van der Waals surface area contributed by atoms with Gasteiger partial charge >= 0.3 is 0 Å². The molecule has 0 bridgehead atoms. The molecule has 10 heteroatoms. The van der Waals surface area contributed by atoms with Crippen LogP contribution in [0.15, 0.2) is 61.3 Å². The number of carbonyl (C=O) groups excluding carboxylic acids is 1. The van der Waals surface area contributed by atoms with Crippen LogP contribution >= 0.6 is 0 Å². The van der Waals surface area contributed by atoms with Crippen LogP contribution in [0.5, 0.6) is 5.75 Å². The third-order valence-electron chi connectivity index (χ3n) is 6.16. The minimum Gasteiger partial charge on any atom is -0.494 e. The molecule has 0 radical (unpaired) electrons. The predicted molar refractivity (Wildman–Crippen MR) is 153 cm³/mol. The van der Waals surface area contributed by atoms with Crippen LogP contribution in [0.1, 0.15) is 6.92 Å². The number of anilines is 4. The first-order chi connectivity index (χ1) is 18.3. The molecule has 0 aliphatic heterocycles. The Morgan fingerprint density at radius 2 is 1.89 bits per heavy atom. The molecule has 38 heavy (non-hydrogen) atoms. The molecule has 0 aliphatic rings. The van der Waals surface area contributed by atoms with Crippen molar-refractivity contribution in [2.24, 2.45) is 0 Å². The van der Waals surface area contributed by atoms with E-state index in [0.717, 1.165) is 42.2 Å². The number of likely N-dealkylation sites (N-methyl/N-ethyl adjacent to an activating group) is 2. The Morgan fingerprint density at radius 1 is 1.11 bits per heavy atom. The van der Waals surface area contributed by atoms with Crippen molar-refractivity contribution in [1.82, 2.24) is 24.4 Å². The number of fused-ring (bicyclic) bond motifs is 1. The lowest BCUT2D eigenvalue weighted by atomic mass is 10.2. The van der Waals surface area contributed by atoms with Crippen molar-refractivity contribution in [3.05, 3.63) is 61.3 Å². The average Bonchev–Trinajstić information content (AvgIpc) is 3.30. The fraction of sp³-hybridized carbons (Fsp3) is 0.286. The lowest BCUT2D eigenvalue weighted by Gasteiger charge is -2.26. The topological polar surface area (TPSA) is 100 Å². The molecule has 2 heterocycles. The normalized spacial score (nSPS) is 11.0. The highest BCUT2D eigenvalue weighted by molar-refractivity contribution is 6.02. The highest BCUT2D eigenvalue weighted by atomic mass is 16.5. The van der Waals surface area contributed by atoms with E-state index in [0.29, 0.717) is 28.8 Å². The van der Waals surface area contributed by atoms with Crippen molar-refractivity contribution in [2.75, 3.05) is 56.9 Å². The number of hydrogen-bond acceptors (Lipinski definition) is 8. The Bertz CT molecular complexity index is 1450. The van der Waals surface area contributed by atoms with Gasteiger partial charge in [-0.15, -0.1) is 0 Å². The summed E-state index contributed by atoms with van der Waals surface area (Å²) in [6.07, 6.45) is 2.94. The van der Waals surface area contributed by atoms with Gasteiger partial charge in [-0.25, -0.2) is 15.0 Å². The van der Waals surface area contributed by atoms with Gasteiger partial charge in [0.05, 0.1) is 35.2 Å². The summed E-state index contributed by atoms with van der Waals surface area (Å²) < 4.78 is 7.84. The zero-order chi connectivity index (χ0) is 27.2. The van der Waals surface area contributed by atoms with Gasteiger partial charge in [0.1, 0.15) is 11.4 Å². The maximum Gasteiger partial charge on any atom is 0.247 e. The van der Waals surface area contributed by atoms with Crippen LogP contribution in [-0.2, 0) is 11.3 Å². The standard InChI is InChI=1S/C28H34N8O2/c1-7-26(37)30-21-17-22(25(38-6)18-24(21)35(5)16-15-34(3)4)33-28-29-14-13-20(32-28)27-31-19-11-9-10-12-23(19)36(27)8-2/h7,9-14,17-18H,1,8,15-16H2,2-6H3,(H,30,37)(H,29,32,33). The summed E-state index contributed by atoms with van der Waals surface area (Å²) in [6.45, 7) is 8.02. The zero-order valence-corrected chi connectivity index (χ0v) is 22.5. The number of aromatic nitrogens is 4. The summed E-state index contributed by atoms with van der Waals surface area (Å²) in [7, 11) is 7.62. The molecule has 2 N–H and O–H groups in total. The number of para-hydroxylation sites is 2. The van der Waals surface area contributed by atoms with Gasteiger partial charge < -0.3 is 29.7 Å². The van der Waals surface area contributed by atoms with Crippen LogP contribution in [0.3, 0.4) is 0 Å². The summed E-state index contributed by atoms with van der Waals surface area (Å²) in [6, 6.07) is 13.6. The summed E-state index contributed by atoms with van der Waals surface area (Å²) in [4.78, 5) is 30.4. The molecule has 0 aliphatic carbocycles. The van der Waals surface area contributed by atoms with Crippen molar-refractivity contribution >= 4 is 40.0 Å². The summed E-state index contributed by atoms with van der Waals surface area (Å²) in [5, 5.41) is 6.18. The molecule has 0 saturated heterocycles. The average molecular weight is 515 g/mol. The van der Waals surface area contributed by atoms with Crippen molar-refractivity contribution in [2.45, 2.75) is 13.5 Å². The molecule has 2 aromatic heterocycles. The van der Waals surface area contributed by atoms with Gasteiger partial charge in [-0.1, -0.05) is 18.7 Å². The number of benzene rings is 2. The Labute approximate surface area is 223 Å². The minimum absolute atomic E-state index is 0.305. The van der Waals surface area contributed by atoms with Crippen molar-refractivity contribution in [3.63, 3.8) is 0 Å². The number of aryl methyl sites for hydroxylation is 1. The Balaban J connectivity index is 1.71. The number of imidazole rings is 1. The number of rotatable bonds is 11. The molecule has 1 amide bonds. The highest BCUT2D eigenvalue weighted by Crippen LogP contribution is 2.38. The number of amides is 1. The van der Waals surface area contributed by atoms with E-state index >= 15 is 0 Å². The second-order valence-corrected chi connectivity index (χ2v) is 9.05. The Morgan fingerprint density at radius 3 is 2.61 bits per heavy atom. The molecule has 0 atom stereocenters. The maximum atomic E-state index is 12.2. The van der Waals surface area contributed by atoms with E-state index in [1.54, 1.807) is 13.3 Å². The number of nitrogens with one attached hydrogen (secondary N) is 2. The molecule has 2 aromatic carbocycles. The fourth-order valence-corrected chi connectivity index (χ4v) is 4.16. The molecule has 4 rings (SSSR count). The first-order valence-corrected chi connectivity index (χ1v) is 12.4. The van der Waals surface area contributed by atoms with Crippen LogP contribution < -0.4 is 20.3 Å². The van der Waals surface area contributed by atoms with Gasteiger partial charge in [0.2, 0.25) is 11.9 Å². The summed E-state index contributed by atoms with van der Waals surface area (Å²) in [5.74, 6) is 1.43. The molecule has 0 saturated carbocycles. The molecule has 0 spiro atoms. The molecular formula is C28H34N8O2. The molecule has 4 aromatic rings. The number of ether oxygens (including phenoxy) is 1. The van der Waals surface area contributed by atoms with E-state index in [2.05, 4.69) is 49.6 Å². The lowest BCUT2D eigenvalue weighted by molar-refractivity contribution is -0.111. The minimum atomic E-state index is -0.305. The monoisotopic (exact) mass is 514 g/mol. The van der Waals surface area contributed by atoms with Crippen LogP contribution in [0.4, 0.5) is 23.0 Å². The predicted octanol–water partition coefficient (Wildman–Crippen LogP) is 4.39. The molecule has 10 nitrogen and oxygen atoms in total. The quantitative estimate of drug-likeness (QED) is 0.284. The van der Waals surface area contributed by atoms with E-state index in [9.17, 15) is 4.79 Å². The van der Waals surface area contributed by atoms with Gasteiger partial charge in [0.25, 0.3) is 0 Å². The summed E-state index contributed by atoms with van der Waals surface area (Å²) in [5.41, 5.74) is 4.70. The van der Waals surface area contributed by atoms with Crippen LogP contribution in [0, 0.1) is 0 Å². The van der Waals surface area contributed by atoms with Gasteiger partial charge in [-0.3, -0.25) is 4.79 Å². The number of hydrogen-bond donors (Lipinski definition) is 2. The third kappa shape index (κ3) is 5.76. The van der Waals surface area contributed by atoms with Crippen LogP contribution in [0.25, 0.3) is 22.6 Å². The number of methoxy groups -OCH3 is 1. The second-order valence-electron chi connectivity index (χ2n) is 9.05. The van der Waals surface area contributed by atoms with E-state index < -0.39 is 0 Å². The van der Waals surface area contributed by atoms with Crippen molar-refractivity contribution < 1.29 is 9.53 Å².